The molecular weight excluding hydrogens is 356 g/mol. The van der Waals surface area contributed by atoms with E-state index in [1.807, 2.05) is 12.1 Å². The molecule has 2 aromatic carbocycles. The highest BCUT2D eigenvalue weighted by Gasteiger charge is 2.35. The molecule has 0 unspecified atom stereocenters. The van der Waals surface area contributed by atoms with E-state index >= 15 is 0 Å². The second-order valence-electron chi connectivity index (χ2n) is 8.89. The van der Waals surface area contributed by atoms with Gasteiger partial charge in [0, 0.05) is 5.41 Å². The number of hydrogen-bond acceptors (Lipinski definition) is 2. The molecule has 1 aliphatic carbocycles. The lowest BCUT2D eigenvalue weighted by Crippen LogP contribution is -2.27. The number of unbranched alkanes of at least 4 members (excludes halogenated alkanes) is 2. The predicted molar refractivity (Wildman–Crippen MR) is 122 cm³/mol. The summed E-state index contributed by atoms with van der Waals surface area (Å²) in [7, 11) is 0. The first kappa shape index (κ1) is 21.7. The van der Waals surface area contributed by atoms with Crippen molar-refractivity contribution in [3.63, 3.8) is 0 Å². The Morgan fingerprint density at radius 2 is 1.14 bits per heavy atom. The van der Waals surface area contributed by atoms with Gasteiger partial charge in [0.05, 0.1) is 0 Å². The predicted octanol–water partition coefficient (Wildman–Crippen LogP) is 7.42. The molecule has 0 heterocycles. The van der Waals surface area contributed by atoms with Crippen LogP contribution in [0.15, 0.2) is 36.4 Å². The summed E-state index contributed by atoms with van der Waals surface area (Å²) >= 11 is 0. The van der Waals surface area contributed by atoms with E-state index in [0.717, 1.165) is 62.5 Å². The van der Waals surface area contributed by atoms with Crippen LogP contribution < -0.4 is 0 Å². The molecule has 0 aromatic heterocycles. The van der Waals surface area contributed by atoms with Crippen molar-refractivity contribution < 1.29 is 10.2 Å². The van der Waals surface area contributed by atoms with Gasteiger partial charge in [-0.2, -0.15) is 0 Å². The third-order valence-electron chi connectivity index (χ3n) is 6.82. The number of phenolic OH excluding ortho intramolecular Hbond substituents is 2. The van der Waals surface area contributed by atoms with Crippen molar-refractivity contribution in [3.8, 4) is 11.5 Å². The second-order valence-corrected chi connectivity index (χ2v) is 8.89. The molecule has 0 spiro atoms. The molecule has 0 aliphatic heterocycles. The van der Waals surface area contributed by atoms with E-state index in [1.54, 1.807) is 0 Å². The van der Waals surface area contributed by atoms with Crippen molar-refractivity contribution in [3.05, 3.63) is 58.7 Å². The number of aromatic hydroxyl groups is 2. The van der Waals surface area contributed by atoms with E-state index in [0.29, 0.717) is 11.5 Å². The van der Waals surface area contributed by atoms with Gasteiger partial charge in [0.25, 0.3) is 0 Å². The van der Waals surface area contributed by atoms with Crippen LogP contribution in [-0.2, 0) is 18.3 Å². The molecule has 1 saturated carbocycles. The Hall–Kier alpha value is -1.96. The molecule has 0 bridgehead atoms. The van der Waals surface area contributed by atoms with Crippen LogP contribution in [0.5, 0.6) is 11.5 Å². The van der Waals surface area contributed by atoms with Gasteiger partial charge in [0.1, 0.15) is 11.5 Å². The highest BCUT2D eigenvalue weighted by atomic mass is 16.3. The van der Waals surface area contributed by atoms with Crippen molar-refractivity contribution in [2.75, 3.05) is 0 Å². The first-order valence-corrected chi connectivity index (χ1v) is 11.8. The monoisotopic (exact) mass is 394 g/mol. The number of hydrogen-bond donors (Lipinski definition) is 2. The van der Waals surface area contributed by atoms with Crippen LogP contribution >= 0.6 is 0 Å². The largest absolute Gasteiger partial charge is 0.508 e. The topological polar surface area (TPSA) is 40.5 Å². The average Bonchev–Trinajstić information content (AvgIpc) is 2.99. The van der Waals surface area contributed by atoms with Crippen molar-refractivity contribution >= 4 is 0 Å². The van der Waals surface area contributed by atoms with Crippen LogP contribution in [0.2, 0.25) is 0 Å². The molecule has 0 saturated heterocycles. The van der Waals surface area contributed by atoms with E-state index in [4.69, 9.17) is 0 Å². The van der Waals surface area contributed by atoms with Crippen LogP contribution in [0.4, 0.5) is 0 Å². The third kappa shape index (κ3) is 4.97. The van der Waals surface area contributed by atoms with Gasteiger partial charge in [-0.15, -0.1) is 0 Å². The molecule has 0 atom stereocenters. The molecule has 3 rings (SSSR count). The molecule has 2 N–H and O–H groups in total. The third-order valence-corrected chi connectivity index (χ3v) is 6.82. The van der Waals surface area contributed by atoms with Crippen molar-refractivity contribution in [1.82, 2.24) is 0 Å². The Labute approximate surface area is 177 Å². The number of rotatable bonds is 8. The fraction of sp³-hybridized carbons (Fsp3) is 0.556. The van der Waals surface area contributed by atoms with Crippen LogP contribution in [0, 0.1) is 0 Å². The van der Waals surface area contributed by atoms with Crippen LogP contribution in [-0.4, -0.2) is 10.2 Å². The van der Waals surface area contributed by atoms with Gasteiger partial charge in [0.2, 0.25) is 0 Å². The summed E-state index contributed by atoms with van der Waals surface area (Å²) < 4.78 is 0. The van der Waals surface area contributed by atoms with Crippen molar-refractivity contribution in [2.24, 2.45) is 0 Å². The van der Waals surface area contributed by atoms with Crippen LogP contribution in [0.25, 0.3) is 0 Å². The molecule has 2 heteroatoms. The van der Waals surface area contributed by atoms with Gasteiger partial charge in [-0.1, -0.05) is 76.6 Å². The second kappa shape index (κ2) is 10.2. The average molecular weight is 395 g/mol. The van der Waals surface area contributed by atoms with Crippen LogP contribution in [0.3, 0.4) is 0 Å². The smallest absolute Gasteiger partial charge is 0.118 e. The summed E-state index contributed by atoms with van der Waals surface area (Å²) in [6.45, 7) is 4.39. The lowest BCUT2D eigenvalue weighted by molar-refractivity contribution is 0.435. The summed E-state index contributed by atoms with van der Waals surface area (Å²) in [6.07, 6.45) is 13.7. The fourth-order valence-corrected chi connectivity index (χ4v) is 4.98. The zero-order valence-corrected chi connectivity index (χ0v) is 18.3. The summed E-state index contributed by atoms with van der Waals surface area (Å²) in [4.78, 5) is 0. The van der Waals surface area contributed by atoms with Gasteiger partial charge in [-0.3, -0.25) is 0 Å². The Balaban J connectivity index is 2.07. The normalized spacial score (nSPS) is 16.5. The molecule has 1 fully saturated rings. The summed E-state index contributed by atoms with van der Waals surface area (Å²) in [6, 6.07) is 12.7. The summed E-state index contributed by atoms with van der Waals surface area (Å²) in [5.74, 6) is 0.862. The van der Waals surface area contributed by atoms with E-state index in [-0.39, 0.29) is 5.41 Å². The minimum absolute atomic E-state index is 0.0141. The first-order valence-electron chi connectivity index (χ1n) is 11.8. The van der Waals surface area contributed by atoms with Crippen molar-refractivity contribution in [2.45, 2.75) is 96.3 Å². The Kier molecular flexibility index (Phi) is 7.64. The van der Waals surface area contributed by atoms with Gasteiger partial charge in [-0.05, 0) is 72.9 Å². The van der Waals surface area contributed by atoms with E-state index in [1.165, 1.54) is 36.8 Å². The molecule has 158 valence electrons. The van der Waals surface area contributed by atoms with Gasteiger partial charge in [0.15, 0.2) is 0 Å². The molecule has 2 aromatic rings. The first-order chi connectivity index (χ1) is 14.1. The minimum atomic E-state index is -0.0141. The lowest BCUT2D eigenvalue weighted by Gasteiger charge is -2.35. The maximum Gasteiger partial charge on any atom is 0.118 e. The highest BCUT2D eigenvalue weighted by molar-refractivity contribution is 5.48. The number of benzene rings is 2. The van der Waals surface area contributed by atoms with Gasteiger partial charge >= 0.3 is 0 Å². The Morgan fingerprint density at radius 3 is 1.55 bits per heavy atom. The van der Waals surface area contributed by atoms with Crippen LogP contribution in [0.1, 0.15) is 100 Å². The molecule has 29 heavy (non-hydrogen) atoms. The standard InChI is InChI=1S/C27H38O2/c1-3-5-11-21-19-23(13-15-25(21)28)27(17-9-7-8-10-18-27)24-14-16-26(29)22(20-24)12-6-4-2/h13-16,19-20,28-29H,3-12,17-18H2,1-2H3. The Morgan fingerprint density at radius 1 is 0.690 bits per heavy atom. The van der Waals surface area contributed by atoms with Gasteiger partial charge in [-0.25, -0.2) is 0 Å². The zero-order valence-electron chi connectivity index (χ0n) is 18.3. The SMILES string of the molecule is CCCCc1cc(C2(c3ccc(O)c(CCCC)c3)CCCCCC2)ccc1O. The van der Waals surface area contributed by atoms with Crippen molar-refractivity contribution in [1.29, 1.82) is 0 Å². The quantitative estimate of drug-likeness (QED) is 0.457. The molecule has 1 aliphatic rings. The van der Waals surface area contributed by atoms with E-state index in [9.17, 15) is 10.2 Å². The lowest BCUT2D eigenvalue weighted by atomic mass is 9.68. The summed E-state index contributed by atoms with van der Waals surface area (Å²) in [5.41, 5.74) is 4.83. The maximum atomic E-state index is 10.4. The fourth-order valence-electron chi connectivity index (χ4n) is 4.98. The maximum absolute atomic E-state index is 10.4. The highest BCUT2D eigenvalue weighted by Crippen LogP contribution is 2.46. The van der Waals surface area contributed by atoms with E-state index in [2.05, 4.69) is 38.1 Å². The molecule has 2 nitrogen and oxygen atoms in total. The molecule has 0 radical (unpaired) electrons. The van der Waals surface area contributed by atoms with Gasteiger partial charge < -0.3 is 10.2 Å². The van der Waals surface area contributed by atoms with E-state index < -0.39 is 0 Å². The molecule has 0 amide bonds. The Bertz CT molecular complexity index is 726. The zero-order chi connectivity index (χ0) is 20.7. The summed E-state index contributed by atoms with van der Waals surface area (Å²) in [5, 5.41) is 20.8. The minimum Gasteiger partial charge on any atom is -0.508 e. The molecular formula is C27H38O2. The number of aryl methyl sites for hydroxylation is 2. The number of phenols is 2.